The van der Waals surface area contributed by atoms with E-state index in [0.29, 0.717) is 12.1 Å². The van der Waals surface area contributed by atoms with E-state index in [2.05, 4.69) is 15.2 Å². The van der Waals surface area contributed by atoms with Gasteiger partial charge in [0.05, 0.1) is 12.3 Å². The molecule has 1 aromatic heterocycles. The molecule has 0 aliphatic carbocycles. The highest BCUT2D eigenvalue weighted by molar-refractivity contribution is 5.94. The summed E-state index contributed by atoms with van der Waals surface area (Å²) in [5.74, 6) is -0.350. The van der Waals surface area contributed by atoms with Gasteiger partial charge in [0.25, 0.3) is 5.91 Å². The van der Waals surface area contributed by atoms with Crippen molar-refractivity contribution in [2.24, 2.45) is 7.05 Å². The molecule has 2 rings (SSSR count). The minimum atomic E-state index is -2.96. The van der Waals surface area contributed by atoms with Gasteiger partial charge in [-0.3, -0.25) is 9.48 Å². The first-order chi connectivity index (χ1) is 11.4. The summed E-state index contributed by atoms with van der Waals surface area (Å²) in [6.07, 6.45) is 1.82. The van der Waals surface area contributed by atoms with E-state index in [9.17, 15) is 13.6 Å². The molecule has 1 amide bonds. The number of halogens is 2. The Morgan fingerprint density at radius 1 is 1.38 bits per heavy atom. The third-order valence-corrected chi connectivity index (χ3v) is 3.28. The molecule has 1 heterocycles. The number of carbonyl (C=O) groups excluding carboxylic acids is 1. The predicted octanol–water partition coefficient (Wildman–Crippen LogP) is 2.66. The fourth-order valence-electron chi connectivity index (χ4n) is 2.21. The van der Waals surface area contributed by atoms with Crippen LogP contribution in [0.5, 0.6) is 11.5 Å². The van der Waals surface area contributed by atoms with Crippen molar-refractivity contribution >= 4 is 5.91 Å². The Hall–Kier alpha value is -2.64. The number of ether oxygens (including phenoxy) is 2. The van der Waals surface area contributed by atoms with Crippen LogP contribution in [0.25, 0.3) is 0 Å². The monoisotopic (exact) mass is 339 g/mol. The molecule has 0 fully saturated rings. The van der Waals surface area contributed by atoms with Gasteiger partial charge in [-0.2, -0.15) is 13.9 Å². The summed E-state index contributed by atoms with van der Waals surface area (Å²) in [7, 11) is 1.80. The normalized spacial score (nSPS) is 10.8. The Morgan fingerprint density at radius 3 is 2.71 bits per heavy atom. The van der Waals surface area contributed by atoms with Crippen molar-refractivity contribution in [3.63, 3.8) is 0 Å². The highest BCUT2D eigenvalue weighted by Gasteiger charge is 2.15. The molecule has 0 saturated heterocycles. The maximum absolute atomic E-state index is 12.4. The van der Waals surface area contributed by atoms with E-state index in [4.69, 9.17) is 4.74 Å². The number of rotatable bonds is 7. The Balaban J connectivity index is 2.11. The van der Waals surface area contributed by atoms with Crippen LogP contribution in [0.1, 0.15) is 28.5 Å². The second-order valence-electron chi connectivity index (χ2n) is 5.07. The van der Waals surface area contributed by atoms with Crippen LogP contribution in [0.2, 0.25) is 0 Å². The molecule has 8 heteroatoms. The van der Waals surface area contributed by atoms with Gasteiger partial charge in [-0.25, -0.2) is 0 Å². The van der Waals surface area contributed by atoms with Gasteiger partial charge in [0.1, 0.15) is 0 Å². The fourth-order valence-corrected chi connectivity index (χ4v) is 2.21. The van der Waals surface area contributed by atoms with Crippen molar-refractivity contribution in [1.29, 1.82) is 0 Å². The van der Waals surface area contributed by atoms with Gasteiger partial charge in [0.15, 0.2) is 11.5 Å². The summed E-state index contributed by atoms with van der Waals surface area (Å²) in [4.78, 5) is 12.2. The molecule has 0 atom stereocenters. The zero-order valence-corrected chi connectivity index (χ0v) is 13.7. The van der Waals surface area contributed by atoms with Crippen LogP contribution in [0.3, 0.4) is 0 Å². The SMILES string of the molecule is CCOc1cc(C(=O)NCc2cn(C)nc2C)ccc1OC(F)F. The van der Waals surface area contributed by atoms with E-state index < -0.39 is 6.61 Å². The van der Waals surface area contributed by atoms with Gasteiger partial charge in [-0.05, 0) is 32.0 Å². The zero-order chi connectivity index (χ0) is 17.7. The average Bonchev–Trinajstić information content (AvgIpc) is 2.84. The lowest BCUT2D eigenvalue weighted by atomic mass is 10.1. The second-order valence-corrected chi connectivity index (χ2v) is 5.07. The highest BCUT2D eigenvalue weighted by atomic mass is 19.3. The summed E-state index contributed by atoms with van der Waals surface area (Å²) < 4.78 is 36.1. The largest absolute Gasteiger partial charge is 0.490 e. The molecule has 24 heavy (non-hydrogen) atoms. The predicted molar refractivity (Wildman–Crippen MR) is 83.4 cm³/mol. The molecule has 0 bridgehead atoms. The molecule has 0 unspecified atom stereocenters. The molecule has 0 radical (unpaired) electrons. The van der Waals surface area contributed by atoms with Crippen LogP contribution in [-0.2, 0) is 13.6 Å². The molecular weight excluding hydrogens is 320 g/mol. The number of hydrogen-bond donors (Lipinski definition) is 1. The van der Waals surface area contributed by atoms with E-state index in [0.717, 1.165) is 11.3 Å². The lowest BCUT2D eigenvalue weighted by Crippen LogP contribution is -2.23. The van der Waals surface area contributed by atoms with Crippen molar-refractivity contribution in [3.05, 3.63) is 41.2 Å². The molecular formula is C16H19F2N3O3. The Bertz CT molecular complexity index is 717. The van der Waals surface area contributed by atoms with Gasteiger partial charge in [0.2, 0.25) is 0 Å². The molecule has 0 saturated carbocycles. The first-order valence-electron chi connectivity index (χ1n) is 7.39. The molecule has 2 aromatic rings. The Morgan fingerprint density at radius 2 is 2.12 bits per heavy atom. The Kier molecular flexibility index (Phi) is 5.73. The Labute approximate surface area is 138 Å². The number of nitrogens with one attached hydrogen (secondary N) is 1. The molecule has 0 aliphatic heterocycles. The second kappa shape index (κ2) is 7.76. The maximum Gasteiger partial charge on any atom is 0.387 e. The van der Waals surface area contributed by atoms with Crippen LogP contribution < -0.4 is 14.8 Å². The topological polar surface area (TPSA) is 65.4 Å². The van der Waals surface area contributed by atoms with Crippen LogP contribution in [0.4, 0.5) is 8.78 Å². The summed E-state index contributed by atoms with van der Waals surface area (Å²) in [5, 5.41) is 6.96. The van der Waals surface area contributed by atoms with Crippen molar-refractivity contribution in [2.45, 2.75) is 27.0 Å². The third-order valence-electron chi connectivity index (χ3n) is 3.28. The van der Waals surface area contributed by atoms with E-state index in [-0.39, 0.29) is 24.0 Å². The van der Waals surface area contributed by atoms with E-state index in [1.54, 1.807) is 18.7 Å². The molecule has 0 aliphatic rings. The van der Waals surface area contributed by atoms with E-state index in [1.807, 2.05) is 13.1 Å². The highest BCUT2D eigenvalue weighted by Crippen LogP contribution is 2.29. The molecule has 6 nitrogen and oxygen atoms in total. The first kappa shape index (κ1) is 17.7. The summed E-state index contributed by atoms with van der Waals surface area (Å²) in [6.45, 7) is 1.18. The first-order valence-corrected chi connectivity index (χ1v) is 7.39. The van der Waals surface area contributed by atoms with Gasteiger partial charge >= 0.3 is 6.61 Å². The maximum atomic E-state index is 12.4. The quantitative estimate of drug-likeness (QED) is 0.842. The number of hydrogen-bond acceptors (Lipinski definition) is 4. The number of benzene rings is 1. The number of aromatic nitrogens is 2. The van der Waals surface area contributed by atoms with E-state index >= 15 is 0 Å². The molecule has 1 aromatic carbocycles. The summed E-state index contributed by atoms with van der Waals surface area (Å²) in [5.41, 5.74) is 2.02. The lowest BCUT2D eigenvalue weighted by molar-refractivity contribution is -0.0514. The van der Waals surface area contributed by atoms with Crippen LogP contribution >= 0.6 is 0 Å². The lowest BCUT2D eigenvalue weighted by Gasteiger charge is -2.12. The third kappa shape index (κ3) is 4.43. The van der Waals surface area contributed by atoms with Crippen molar-refractivity contribution < 1.29 is 23.0 Å². The van der Waals surface area contributed by atoms with Gasteiger partial charge < -0.3 is 14.8 Å². The number of nitrogens with zero attached hydrogens (tertiary/aromatic N) is 2. The fraction of sp³-hybridized carbons (Fsp3) is 0.375. The average molecular weight is 339 g/mol. The number of amides is 1. The van der Waals surface area contributed by atoms with Crippen molar-refractivity contribution in [3.8, 4) is 11.5 Å². The van der Waals surface area contributed by atoms with E-state index in [1.165, 1.54) is 18.2 Å². The van der Waals surface area contributed by atoms with Gasteiger partial charge in [0, 0.05) is 30.9 Å². The standard InChI is InChI=1S/C16H19F2N3O3/c1-4-23-14-7-11(5-6-13(14)24-16(17)18)15(22)19-8-12-9-21(3)20-10(12)2/h5-7,9,16H,4,8H2,1-3H3,(H,19,22). The number of alkyl halides is 2. The minimum Gasteiger partial charge on any atom is -0.490 e. The smallest absolute Gasteiger partial charge is 0.387 e. The molecule has 130 valence electrons. The van der Waals surface area contributed by atoms with Crippen molar-refractivity contribution in [2.75, 3.05) is 6.61 Å². The van der Waals surface area contributed by atoms with Crippen molar-refractivity contribution in [1.82, 2.24) is 15.1 Å². The molecule has 1 N–H and O–H groups in total. The number of aryl methyl sites for hydroxylation is 2. The minimum absolute atomic E-state index is 0.100. The van der Waals surface area contributed by atoms with Crippen LogP contribution in [0, 0.1) is 6.92 Å². The van der Waals surface area contributed by atoms with Crippen LogP contribution in [0.15, 0.2) is 24.4 Å². The van der Waals surface area contributed by atoms with Gasteiger partial charge in [-0.15, -0.1) is 0 Å². The molecule has 0 spiro atoms. The summed E-state index contributed by atoms with van der Waals surface area (Å²) >= 11 is 0. The van der Waals surface area contributed by atoms with Gasteiger partial charge in [-0.1, -0.05) is 0 Å². The zero-order valence-electron chi connectivity index (χ0n) is 13.7. The summed E-state index contributed by atoms with van der Waals surface area (Å²) in [6, 6.07) is 4.08. The van der Waals surface area contributed by atoms with Crippen LogP contribution in [-0.4, -0.2) is 28.9 Å². The number of carbonyl (C=O) groups is 1.